The van der Waals surface area contributed by atoms with Crippen LogP contribution in [0, 0.1) is 6.92 Å². The van der Waals surface area contributed by atoms with Gasteiger partial charge in [-0.05, 0) is 37.6 Å². The fourth-order valence-corrected chi connectivity index (χ4v) is 2.05. The van der Waals surface area contributed by atoms with Crippen molar-refractivity contribution >= 4 is 16.8 Å². The van der Waals surface area contributed by atoms with Gasteiger partial charge < -0.3 is 15.6 Å². The van der Waals surface area contributed by atoms with Crippen molar-refractivity contribution in [1.82, 2.24) is 9.88 Å². The summed E-state index contributed by atoms with van der Waals surface area (Å²) in [6, 6.07) is 8.11. The number of aromatic nitrogens is 1. The van der Waals surface area contributed by atoms with Crippen LogP contribution >= 0.6 is 0 Å². The van der Waals surface area contributed by atoms with Crippen molar-refractivity contribution in [3.05, 3.63) is 35.5 Å². The second-order valence-electron chi connectivity index (χ2n) is 4.55. The summed E-state index contributed by atoms with van der Waals surface area (Å²) >= 11 is 0. The summed E-state index contributed by atoms with van der Waals surface area (Å²) in [6.45, 7) is 3.26. The minimum atomic E-state index is -0.0418. The summed E-state index contributed by atoms with van der Waals surface area (Å²) < 4.78 is 1.93. The van der Waals surface area contributed by atoms with Gasteiger partial charge in [-0.25, -0.2) is 0 Å². The first kappa shape index (κ1) is 12.6. The van der Waals surface area contributed by atoms with Gasteiger partial charge in [-0.3, -0.25) is 4.79 Å². The first-order valence-electron chi connectivity index (χ1n) is 6.18. The molecule has 3 N–H and O–H groups in total. The molecule has 0 radical (unpaired) electrons. The first-order valence-corrected chi connectivity index (χ1v) is 6.18. The number of carbonyl (C=O) groups is 1. The first-order chi connectivity index (χ1) is 8.63. The third-order valence-electron chi connectivity index (χ3n) is 3.10. The van der Waals surface area contributed by atoms with Crippen LogP contribution in [-0.2, 0) is 7.05 Å². The number of amides is 1. The molecule has 4 nitrogen and oxygen atoms in total. The Balaban J connectivity index is 2.28. The zero-order valence-corrected chi connectivity index (χ0v) is 10.9. The van der Waals surface area contributed by atoms with Gasteiger partial charge in [0.1, 0.15) is 5.69 Å². The van der Waals surface area contributed by atoms with Crippen LogP contribution in [0.5, 0.6) is 0 Å². The van der Waals surface area contributed by atoms with E-state index in [1.807, 2.05) is 30.7 Å². The van der Waals surface area contributed by atoms with Gasteiger partial charge in [0.2, 0.25) is 0 Å². The van der Waals surface area contributed by atoms with Crippen LogP contribution in [-0.4, -0.2) is 23.6 Å². The highest BCUT2D eigenvalue weighted by Crippen LogP contribution is 2.19. The van der Waals surface area contributed by atoms with E-state index < -0.39 is 0 Å². The van der Waals surface area contributed by atoms with Crippen molar-refractivity contribution in [3.63, 3.8) is 0 Å². The summed E-state index contributed by atoms with van der Waals surface area (Å²) in [5.41, 5.74) is 8.37. The monoisotopic (exact) mass is 245 g/mol. The van der Waals surface area contributed by atoms with Crippen LogP contribution in [0.2, 0.25) is 0 Å². The van der Waals surface area contributed by atoms with Gasteiger partial charge in [-0.1, -0.05) is 12.1 Å². The van der Waals surface area contributed by atoms with E-state index in [2.05, 4.69) is 17.4 Å². The smallest absolute Gasteiger partial charge is 0.267 e. The Kier molecular flexibility index (Phi) is 3.67. The van der Waals surface area contributed by atoms with Gasteiger partial charge in [0.25, 0.3) is 5.91 Å². The SMILES string of the molecule is Cc1ccc2cc(C(=O)NCCCN)n(C)c2c1. The van der Waals surface area contributed by atoms with Gasteiger partial charge in [0, 0.05) is 24.5 Å². The Labute approximate surface area is 107 Å². The summed E-state index contributed by atoms with van der Waals surface area (Å²) in [4.78, 5) is 12.0. The maximum atomic E-state index is 12.0. The van der Waals surface area contributed by atoms with E-state index in [0.29, 0.717) is 18.8 Å². The van der Waals surface area contributed by atoms with Crippen LogP contribution < -0.4 is 11.1 Å². The molecule has 0 aliphatic rings. The van der Waals surface area contributed by atoms with E-state index in [1.54, 1.807) is 0 Å². The number of carbonyl (C=O) groups excluding carboxylic acids is 1. The Morgan fingerprint density at radius 3 is 2.89 bits per heavy atom. The van der Waals surface area contributed by atoms with E-state index in [0.717, 1.165) is 17.3 Å². The van der Waals surface area contributed by atoms with Gasteiger partial charge in [0.15, 0.2) is 0 Å². The summed E-state index contributed by atoms with van der Waals surface area (Å²) in [7, 11) is 1.92. The fourth-order valence-electron chi connectivity index (χ4n) is 2.05. The molecule has 1 heterocycles. The van der Waals surface area contributed by atoms with Crippen molar-refractivity contribution in [2.24, 2.45) is 12.8 Å². The number of aryl methyl sites for hydroxylation is 2. The van der Waals surface area contributed by atoms with Gasteiger partial charge in [-0.2, -0.15) is 0 Å². The largest absolute Gasteiger partial charge is 0.351 e. The van der Waals surface area contributed by atoms with Crippen LogP contribution in [0.3, 0.4) is 0 Å². The number of rotatable bonds is 4. The van der Waals surface area contributed by atoms with Gasteiger partial charge in [-0.15, -0.1) is 0 Å². The maximum Gasteiger partial charge on any atom is 0.267 e. The van der Waals surface area contributed by atoms with Crippen LogP contribution in [0.1, 0.15) is 22.5 Å². The predicted molar refractivity (Wildman–Crippen MR) is 73.7 cm³/mol. The molecule has 18 heavy (non-hydrogen) atoms. The molecule has 0 spiro atoms. The third-order valence-corrected chi connectivity index (χ3v) is 3.10. The zero-order valence-electron chi connectivity index (χ0n) is 10.9. The number of nitrogens with two attached hydrogens (primary N) is 1. The Morgan fingerprint density at radius 1 is 1.39 bits per heavy atom. The van der Waals surface area contributed by atoms with E-state index in [1.165, 1.54) is 5.56 Å². The molecule has 0 aliphatic carbocycles. The summed E-state index contributed by atoms with van der Waals surface area (Å²) in [5.74, 6) is -0.0418. The molecule has 2 aromatic rings. The van der Waals surface area contributed by atoms with E-state index >= 15 is 0 Å². The lowest BCUT2D eigenvalue weighted by atomic mass is 10.2. The molecule has 1 aromatic carbocycles. The molecule has 0 bridgehead atoms. The van der Waals surface area contributed by atoms with Crippen LogP contribution in [0.4, 0.5) is 0 Å². The van der Waals surface area contributed by atoms with E-state index in [-0.39, 0.29) is 5.91 Å². The lowest BCUT2D eigenvalue weighted by Gasteiger charge is -2.05. The Morgan fingerprint density at radius 2 is 2.17 bits per heavy atom. The molecular formula is C14H19N3O. The maximum absolute atomic E-state index is 12.0. The zero-order chi connectivity index (χ0) is 13.1. The minimum absolute atomic E-state index is 0.0418. The van der Waals surface area contributed by atoms with Crippen molar-refractivity contribution in [2.75, 3.05) is 13.1 Å². The highest BCUT2D eigenvalue weighted by molar-refractivity contribution is 5.98. The van der Waals surface area contributed by atoms with E-state index in [4.69, 9.17) is 5.73 Å². The molecule has 0 fully saturated rings. The molecular weight excluding hydrogens is 226 g/mol. The van der Waals surface area contributed by atoms with Crippen LogP contribution in [0.25, 0.3) is 10.9 Å². The Bertz CT molecular complexity index is 572. The highest BCUT2D eigenvalue weighted by Gasteiger charge is 2.12. The molecule has 4 heteroatoms. The number of fused-ring (bicyclic) bond motifs is 1. The topological polar surface area (TPSA) is 60.1 Å². The highest BCUT2D eigenvalue weighted by atomic mass is 16.1. The van der Waals surface area contributed by atoms with Crippen molar-refractivity contribution < 1.29 is 4.79 Å². The molecule has 0 atom stereocenters. The molecule has 0 saturated carbocycles. The number of hydrogen-bond donors (Lipinski definition) is 2. The summed E-state index contributed by atoms with van der Waals surface area (Å²) in [6.07, 6.45) is 0.800. The minimum Gasteiger partial charge on any atom is -0.351 e. The number of nitrogens with zero attached hydrogens (tertiary/aromatic N) is 1. The number of nitrogens with one attached hydrogen (secondary N) is 1. The second kappa shape index (κ2) is 5.23. The lowest BCUT2D eigenvalue weighted by molar-refractivity contribution is 0.0946. The predicted octanol–water partition coefficient (Wildman–Crippen LogP) is 1.57. The molecule has 0 aliphatic heterocycles. The molecule has 1 amide bonds. The number of benzene rings is 1. The van der Waals surface area contributed by atoms with Gasteiger partial charge >= 0.3 is 0 Å². The fraction of sp³-hybridized carbons (Fsp3) is 0.357. The quantitative estimate of drug-likeness (QED) is 0.803. The van der Waals surface area contributed by atoms with Gasteiger partial charge in [0.05, 0.1) is 0 Å². The standard InChI is InChI=1S/C14H19N3O/c1-10-4-5-11-9-13(17(2)12(11)8-10)14(18)16-7-3-6-15/h4-5,8-9H,3,6-7,15H2,1-2H3,(H,16,18). The van der Waals surface area contributed by atoms with Crippen molar-refractivity contribution in [3.8, 4) is 0 Å². The van der Waals surface area contributed by atoms with Crippen molar-refractivity contribution in [2.45, 2.75) is 13.3 Å². The van der Waals surface area contributed by atoms with E-state index in [9.17, 15) is 4.79 Å². The molecule has 0 saturated heterocycles. The third kappa shape index (κ3) is 2.38. The van der Waals surface area contributed by atoms with Crippen molar-refractivity contribution in [1.29, 1.82) is 0 Å². The van der Waals surface area contributed by atoms with Crippen LogP contribution in [0.15, 0.2) is 24.3 Å². The Hall–Kier alpha value is -1.81. The molecule has 2 rings (SSSR count). The summed E-state index contributed by atoms with van der Waals surface area (Å²) in [5, 5.41) is 3.97. The number of hydrogen-bond acceptors (Lipinski definition) is 2. The lowest BCUT2D eigenvalue weighted by Crippen LogP contribution is -2.27. The average Bonchev–Trinajstić information content (AvgIpc) is 2.67. The average molecular weight is 245 g/mol. The normalized spacial score (nSPS) is 10.8. The molecule has 96 valence electrons. The molecule has 0 unspecified atom stereocenters. The molecule has 1 aromatic heterocycles. The second-order valence-corrected chi connectivity index (χ2v) is 4.55.